The quantitative estimate of drug-likeness (QED) is 0.516. The minimum absolute atomic E-state index is 0.266. The van der Waals surface area contributed by atoms with Gasteiger partial charge < -0.3 is 19.3 Å². The molecule has 7 heteroatoms. The molecule has 1 heterocycles. The summed E-state index contributed by atoms with van der Waals surface area (Å²) in [6, 6.07) is 5.52. The van der Waals surface area contributed by atoms with Gasteiger partial charge in [-0.3, -0.25) is 0 Å². The number of ether oxygens (including phenoxy) is 2. The Morgan fingerprint density at radius 2 is 1.75 bits per heavy atom. The van der Waals surface area contributed by atoms with E-state index in [-0.39, 0.29) is 12.1 Å². The molecule has 0 atom stereocenters. The summed E-state index contributed by atoms with van der Waals surface area (Å²) < 4.78 is 11.1. The number of anilines is 1. The lowest BCUT2D eigenvalue weighted by molar-refractivity contribution is 0.0240. The minimum atomic E-state index is -0.479. The Morgan fingerprint density at radius 1 is 1.12 bits per heavy atom. The molecule has 132 valence electrons. The molecule has 0 spiro atoms. The molecule has 0 saturated carbocycles. The van der Waals surface area contributed by atoms with Crippen LogP contribution in [0.5, 0.6) is 0 Å². The fourth-order valence-electron chi connectivity index (χ4n) is 2.46. The lowest BCUT2D eigenvalue weighted by Crippen LogP contribution is -2.50. The zero-order valence-corrected chi connectivity index (χ0v) is 16.6. The summed E-state index contributed by atoms with van der Waals surface area (Å²) in [6.07, 6.45) is -0.266. The number of piperazine rings is 1. The van der Waals surface area contributed by atoms with E-state index in [1.165, 1.54) is 7.11 Å². The van der Waals surface area contributed by atoms with E-state index in [1.807, 2.05) is 32.9 Å². The lowest BCUT2D eigenvalue weighted by Gasteiger charge is -2.37. The van der Waals surface area contributed by atoms with Crippen LogP contribution in [0.25, 0.3) is 0 Å². The SMILES string of the molecule is COC(=O)c1ccc(N2CCN(C(=O)OC(C)(C)C)CC2)c(I)c1. The van der Waals surface area contributed by atoms with Crippen molar-refractivity contribution in [3.63, 3.8) is 0 Å². The molecule has 1 amide bonds. The summed E-state index contributed by atoms with van der Waals surface area (Å²) in [5.41, 5.74) is 1.12. The van der Waals surface area contributed by atoms with Crippen LogP contribution in [-0.2, 0) is 9.47 Å². The van der Waals surface area contributed by atoms with Gasteiger partial charge in [0.2, 0.25) is 0 Å². The van der Waals surface area contributed by atoms with Crippen LogP contribution in [0, 0.1) is 3.57 Å². The molecule has 1 aromatic rings. The average molecular weight is 446 g/mol. The molecule has 0 radical (unpaired) electrons. The molecule has 0 aliphatic carbocycles. The Bertz CT molecular complexity index is 620. The molecule has 0 bridgehead atoms. The number of hydrogen-bond acceptors (Lipinski definition) is 5. The molecular formula is C17H23IN2O4. The number of hydrogen-bond donors (Lipinski definition) is 0. The minimum Gasteiger partial charge on any atom is -0.465 e. The fourth-order valence-corrected chi connectivity index (χ4v) is 3.32. The molecule has 0 aromatic heterocycles. The van der Waals surface area contributed by atoms with Crippen LogP contribution in [0.4, 0.5) is 10.5 Å². The van der Waals surface area contributed by atoms with Gasteiger partial charge in [0, 0.05) is 29.7 Å². The topological polar surface area (TPSA) is 59.1 Å². The van der Waals surface area contributed by atoms with E-state index in [1.54, 1.807) is 11.0 Å². The molecule has 1 saturated heterocycles. The number of benzene rings is 1. The standard InChI is InChI=1S/C17H23IN2O4/c1-17(2,3)24-16(22)20-9-7-19(8-10-20)14-6-5-12(11-13(14)18)15(21)23-4/h5-6,11H,7-10H2,1-4H3. The van der Waals surface area contributed by atoms with Crippen molar-refractivity contribution in [1.82, 2.24) is 4.90 Å². The first kappa shape index (κ1) is 18.8. The predicted octanol–water partition coefficient (Wildman–Crippen LogP) is 3.13. The highest BCUT2D eigenvalue weighted by atomic mass is 127. The van der Waals surface area contributed by atoms with Gasteiger partial charge in [-0.2, -0.15) is 0 Å². The Kier molecular flexibility index (Phi) is 5.95. The van der Waals surface area contributed by atoms with Crippen molar-refractivity contribution < 1.29 is 19.1 Å². The maximum Gasteiger partial charge on any atom is 0.410 e. The van der Waals surface area contributed by atoms with Crippen LogP contribution >= 0.6 is 22.6 Å². The van der Waals surface area contributed by atoms with Crippen molar-refractivity contribution in [2.45, 2.75) is 26.4 Å². The number of esters is 1. The van der Waals surface area contributed by atoms with Crippen LogP contribution in [-0.4, -0.2) is 55.9 Å². The van der Waals surface area contributed by atoms with E-state index in [9.17, 15) is 9.59 Å². The van der Waals surface area contributed by atoms with Gasteiger partial charge in [-0.25, -0.2) is 9.59 Å². The largest absolute Gasteiger partial charge is 0.465 e. The van der Waals surface area contributed by atoms with E-state index >= 15 is 0 Å². The Hall–Kier alpha value is -1.51. The number of methoxy groups -OCH3 is 1. The number of nitrogens with zero attached hydrogens (tertiary/aromatic N) is 2. The van der Waals surface area contributed by atoms with E-state index in [2.05, 4.69) is 27.5 Å². The van der Waals surface area contributed by atoms with Crippen molar-refractivity contribution >= 4 is 40.3 Å². The zero-order valence-electron chi connectivity index (χ0n) is 14.5. The van der Waals surface area contributed by atoms with E-state index < -0.39 is 5.60 Å². The molecule has 1 aromatic carbocycles. The molecule has 0 N–H and O–H groups in total. The first-order valence-electron chi connectivity index (χ1n) is 7.82. The van der Waals surface area contributed by atoms with Gasteiger partial charge in [-0.1, -0.05) is 0 Å². The highest BCUT2D eigenvalue weighted by molar-refractivity contribution is 14.1. The Morgan fingerprint density at radius 3 is 2.25 bits per heavy atom. The maximum absolute atomic E-state index is 12.1. The smallest absolute Gasteiger partial charge is 0.410 e. The zero-order chi connectivity index (χ0) is 17.9. The van der Waals surface area contributed by atoms with Gasteiger partial charge >= 0.3 is 12.1 Å². The molecule has 1 aliphatic heterocycles. The second kappa shape index (κ2) is 7.58. The highest BCUT2D eigenvalue weighted by Crippen LogP contribution is 2.25. The van der Waals surface area contributed by atoms with Crippen LogP contribution in [0.1, 0.15) is 31.1 Å². The third-order valence-corrected chi connectivity index (χ3v) is 4.50. The van der Waals surface area contributed by atoms with Crippen molar-refractivity contribution in [3.05, 3.63) is 27.3 Å². The number of rotatable bonds is 2. The number of halogens is 1. The molecule has 2 rings (SSSR count). The number of amides is 1. The molecule has 24 heavy (non-hydrogen) atoms. The summed E-state index contributed by atoms with van der Waals surface area (Å²) in [7, 11) is 1.37. The van der Waals surface area contributed by atoms with Gasteiger partial charge in [0.15, 0.2) is 0 Å². The summed E-state index contributed by atoms with van der Waals surface area (Å²) in [6.45, 7) is 8.29. The summed E-state index contributed by atoms with van der Waals surface area (Å²) in [5, 5.41) is 0. The first-order chi connectivity index (χ1) is 11.2. The van der Waals surface area contributed by atoms with Crippen LogP contribution in [0.15, 0.2) is 18.2 Å². The lowest BCUT2D eigenvalue weighted by atomic mass is 10.2. The van der Waals surface area contributed by atoms with E-state index in [4.69, 9.17) is 9.47 Å². The fraction of sp³-hybridized carbons (Fsp3) is 0.529. The average Bonchev–Trinajstić information content (AvgIpc) is 2.52. The van der Waals surface area contributed by atoms with Gasteiger partial charge in [0.05, 0.1) is 18.4 Å². The Labute approximate surface area is 156 Å². The first-order valence-corrected chi connectivity index (χ1v) is 8.90. The normalized spacial score (nSPS) is 15.2. The molecule has 6 nitrogen and oxygen atoms in total. The van der Waals surface area contributed by atoms with Gasteiger partial charge in [-0.05, 0) is 61.6 Å². The van der Waals surface area contributed by atoms with Crippen LogP contribution in [0.2, 0.25) is 0 Å². The highest BCUT2D eigenvalue weighted by Gasteiger charge is 2.26. The van der Waals surface area contributed by atoms with E-state index in [0.29, 0.717) is 18.7 Å². The predicted molar refractivity (Wildman–Crippen MR) is 101 cm³/mol. The third kappa shape index (κ3) is 4.75. The molecular weight excluding hydrogens is 423 g/mol. The molecule has 1 fully saturated rings. The number of carbonyl (C=O) groups excluding carboxylic acids is 2. The van der Waals surface area contributed by atoms with Gasteiger partial charge in [0.25, 0.3) is 0 Å². The summed E-state index contributed by atoms with van der Waals surface area (Å²) >= 11 is 2.22. The van der Waals surface area contributed by atoms with Crippen molar-refractivity contribution in [2.75, 3.05) is 38.2 Å². The van der Waals surface area contributed by atoms with Gasteiger partial charge in [-0.15, -0.1) is 0 Å². The number of carbonyl (C=O) groups is 2. The Balaban J connectivity index is 2.00. The van der Waals surface area contributed by atoms with Crippen molar-refractivity contribution in [2.24, 2.45) is 0 Å². The molecule has 1 aliphatic rings. The van der Waals surface area contributed by atoms with E-state index in [0.717, 1.165) is 22.3 Å². The van der Waals surface area contributed by atoms with Crippen molar-refractivity contribution in [3.8, 4) is 0 Å². The monoisotopic (exact) mass is 446 g/mol. The molecule has 0 unspecified atom stereocenters. The second-order valence-electron chi connectivity index (χ2n) is 6.61. The summed E-state index contributed by atoms with van der Waals surface area (Å²) in [4.78, 5) is 27.6. The maximum atomic E-state index is 12.1. The van der Waals surface area contributed by atoms with Crippen molar-refractivity contribution in [1.29, 1.82) is 0 Å². The third-order valence-electron chi connectivity index (χ3n) is 3.64. The summed E-state index contributed by atoms with van der Waals surface area (Å²) in [5.74, 6) is -0.339. The second-order valence-corrected chi connectivity index (χ2v) is 7.77. The van der Waals surface area contributed by atoms with Crippen LogP contribution < -0.4 is 4.90 Å². The van der Waals surface area contributed by atoms with Gasteiger partial charge in [0.1, 0.15) is 5.60 Å². The van der Waals surface area contributed by atoms with Crippen LogP contribution in [0.3, 0.4) is 0 Å².